The Balaban J connectivity index is 2.54. The molecular formula is C14H20BrN3O. The van der Waals surface area contributed by atoms with Crippen LogP contribution in [0.2, 0.25) is 0 Å². The lowest BCUT2D eigenvalue weighted by Gasteiger charge is -2.09. The number of nitrogens with zero attached hydrogens (tertiary/aromatic N) is 2. The van der Waals surface area contributed by atoms with Crippen LogP contribution < -0.4 is 10.9 Å². The summed E-state index contributed by atoms with van der Waals surface area (Å²) in [5.41, 5.74) is 0.521. The van der Waals surface area contributed by atoms with E-state index < -0.39 is 0 Å². The Morgan fingerprint density at radius 3 is 2.89 bits per heavy atom. The van der Waals surface area contributed by atoms with Crippen LogP contribution in [-0.4, -0.2) is 16.3 Å². The molecule has 0 spiro atoms. The number of hydrogen-bond acceptors (Lipinski definition) is 3. The third kappa shape index (κ3) is 5.07. The lowest BCUT2D eigenvalue weighted by molar-refractivity contribution is 0.544. The molecule has 5 heteroatoms. The minimum atomic E-state index is -0.204. The number of terminal acetylenes is 1. The van der Waals surface area contributed by atoms with Gasteiger partial charge < -0.3 is 5.32 Å². The molecule has 0 amide bonds. The molecule has 0 saturated carbocycles. The van der Waals surface area contributed by atoms with Crippen LogP contribution in [0.3, 0.4) is 0 Å². The molecule has 1 heterocycles. The van der Waals surface area contributed by atoms with Crippen LogP contribution in [0, 0.1) is 18.3 Å². The summed E-state index contributed by atoms with van der Waals surface area (Å²) < 4.78 is 1.75. The van der Waals surface area contributed by atoms with Crippen molar-refractivity contribution in [3.63, 3.8) is 0 Å². The molecule has 0 aromatic carbocycles. The highest BCUT2D eigenvalue weighted by Crippen LogP contribution is 2.16. The Kier molecular flexibility index (Phi) is 6.65. The molecule has 104 valence electrons. The number of nitrogens with one attached hydrogen (secondary N) is 1. The second-order valence-electron chi connectivity index (χ2n) is 4.86. The third-order valence-electron chi connectivity index (χ3n) is 2.75. The summed E-state index contributed by atoms with van der Waals surface area (Å²) in [6.07, 6.45) is 10.3. The Bertz CT molecular complexity index is 502. The minimum Gasteiger partial charge on any atom is -0.383 e. The molecule has 0 fully saturated rings. The van der Waals surface area contributed by atoms with Gasteiger partial charge in [-0.1, -0.05) is 32.6 Å². The lowest BCUT2D eigenvalue weighted by atomic mass is 10.1. The average Bonchev–Trinajstić information content (AvgIpc) is 2.37. The summed E-state index contributed by atoms with van der Waals surface area (Å²) in [4.78, 5) is 11.9. The van der Waals surface area contributed by atoms with E-state index in [-0.39, 0.29) is 12.1 Å². The number of halogens is 1. The van der Waals surface area contributed by atoms with Gasteiger partial charge in [-0.05, 0) is 28.3 Å². The normalized spacial score (nSPS) is 10.5. The van der Waals surface area contributed by atoms with E-state index in [0.717, 1.165) is 24.6 Å². The molecule has 0 aliphatic heterocycles. The Morgan fingerprint density at radius 1 is 1.53 bits per heavy atom. The van der Waals surface area contributed by atoms with E-state index in [1.54, 1.807) is 6.20 Å². The highest BCUT2D eigenvalue weighted by Gasteiger charge is 2.07. The largest absolute Gasteiger partial charge is 0.383 e. The first-order valence-corrected chi connectivity index (χ1v) is 7.28. The quantitative estimate of drug-likeness (QED) is 0.619. The van der Waals surface area contributed by atoms with E-state index in [2.05, 4.69) is 46.1 Å². The first-order valence-electron chi connectivity index (χ1n) is 6.49. The van der Waals surface area contributed by atoms with Gasteiger partial charge in [-0.15, -0.1) is 6.42 Å². The van der Waals surface area contributed by atoms with Crippen molar-refractivity contribution in [3.8, 4) is 12.3 Å². The molecule has 1 aromatic heterocycles. The Hall–Kier alpha value is -1.28. The van der Waals surface area contributed by atoms with Crippen molar-refractivity contribution in [2.45, 2.75) is 39.7 Å². The minimum absolute atomic E-state index is 0.187. The molecule has 19 heavy (non-hydrogen) atoms. The van der Waals surface area contributed by atoms with E-state index >= 15 is 0 Å². The van der Waals surface area contributed by atoms with Gasteiger partial charge in [0.15, 0.2) is 0 Å². The molecule has 0 aliphatic rings. The van der Waals surface area contributed by atoms with E-state index in [4.69, 9.17) is 6.42 Å². The molecule has 1 aromatic rings. The van der Waals surface area contributed by atoms with E-state index in [1.165, 1.54) is 17.5 Å². The van der Waals surface area contributed by atoms with Gasteiger partial charge in [-0.2, -0.15) is 5.10 Å². The first-order chi connectivity index (χ1) is 9.06. The number of unbranched alkanes of at least 4 members (excludes halogenated alkanes) is 1. The van der Waals surface area contributed by atoms with Gasteiger partial charge >= 0.3 is 0 Å². The third-order valence-corrected chi connectivity index (χ3v) is 3.52. The standard InChI is InChI=1S/C14H20BrN3O/c1-4-9-18-14(19)13(15)12(10-17-18)16-8-6-5-7-11(2)3/h1,10-11,16H,5-9H2,2-3H3. The number of aromatic nitrogens is 2. The second kappa shape index (κ2) is 8.00. The molecule has 0 aliphatic carbocycles. The van der Waals surface area contributed by atoms with Crippen LogP contribution in [0.4, 0.5) is 5.69 Å². The Labute approximate surface area is 122 Å². The molecule has 0 unspecified atom stereocenters. The van der Waals surface area contributed by atoms with Crippen molar-refractivity contribution in [3.05, 3.63) is 21.0 Å². The van der Waals surface area contributed by atoms with Crippen molar-refractivity contribution >= 4 is 21.6 Å². The summed E-state index contributed by atoms with van der Waals surface area (Å²) >= 11 is 3.29. The molecular weight excluding hydrogens is 306 g/mol. The fourth-order valence-electron chi connectivity index (χ4n) is 1.69. The maximum atomic E-state index is 11.9. The van der Waals surface area contributed by atoms with Crippen LogP contribution in [-0.2, 0) is 6.54 Å². The van der Waals surface area contributed by atoms with Crippen LogP contribution in [0.25, 0.3) is 0 Å². The fraction of sp³-hybridized carbons (Fsp3) is 0.571. The molecule has 1 rings (SSSR count). The van der Waals surface area contributed by atoms with Crippen LogP contribution in [0.15, 0.2) is 15.5 Å². The molecule has 0 saturated heterocycles. The highest BCUT2D eigenvalue weighted by molar-refractivity contribution is 9.10. The first kappa shape index (κ1) is 15.8. The highest BCUT2D eigenvalue weighted by atomic mass is 79.9. The van der Waals surface area contributed by atoms with Crippen LogP contribution >= 0.6 is 15.9 Å². The average molecular weight is 326 g/mol. The SMILES string of the molecule is C#CCn1ncc(NCCCCC(C)C)c(Br)c1=O. The molecule has 0 radical (unpaired) electrons. The lowest BCUT2D eigenvalue weighted by Crippen LogP contribution is -2.24. The van der Waals surface area contributed by atoms with Gasteiger partial charge in [0.2, 0.25) is 0 Å². The molecule has 4 nitrogen and oxygen atoms in total. The van der Waals surface area contributed by atoms with E-state index in [0.29, 0.717) is 4.47 Å². The zero-order chi connectivity index (χ0) is 14.3. The van der Waals surface area contributed by atoms with Crippen LogP contribution in [0.5, 0.6) is 0 Å². The molecule has 0 atom stereocenters. The zero-order valence-electron chi connectivity index (χ0n) is 11.4. The van der Waals surface area contributed by atoms with Crippen molar-refractivity contribution in [2.24, 2.45) is 5.92 Å². The smallest absolute Gasteiger partial charge is 0.284 e. The van der Waals surface area contributed by atoms with Crippen molar-refractivity contribution < 1.29 is 0 Å². The summed E-state index contributed by atoms with van der Waals surface area (Å²) in [5, 5.41) is 7.25. The maximum Gasteiger partial charge on any atom is 0.284 e. The van der Waals surface area contributed by atoms with E-state index in [1.807, 2.05) is 0 Å². The maximum absolute atomic E-state index is 11.9. The Morgan fingerprint density at radius 2 is 2.26 bits per heavy atom. The predicted octanol–water partition coefficient (Wildman–Crippen LogP) is 2.88. The van der Waals surface area contributed by atoms with Gasteiger partial charge in [0.25, 0.3) is 5.56 Å². The van der Waals surface area contributed by atoms with Gasteiger partial charge in [0.05, 0.1) is 11.9 Å². The van der Waals surface area contributed by atoms with Gasteiger partial charge in [0.1, 0.15) is 11.0 Å². The van der Waals surface area contributed by atoms with Crippen molar-refractivity contribution in [2.75, 3.05) is 11.9 Å². The molecule has 1 N–H and O–H groups in total. The van der Waals surface area contributed by atoms with Gasteiger partial charge in [0, 0.05) is 6.54 Å². The topological polar surface area (TPSA) is 46.9 Å². The summed E-state index contributed by atoms with van der Waals surface area (Å²) in [5.74, 6) is 3.14. The second-order valence-corrected chi connectivity index (χ2v) is 5.65. The molecule has 0 bridgehead atoms. The number of rotatable bonds is 7. The fourth-order valence-corrected chi connectivity index (χ4v) is 2.14. The summed E-state index contributed by atoms with van der Waals surface area (Å²) in [7, 11) is 0. The van der Waals surface area contributed by atoms with Crippen LogP contribution in [0.1, 0.15) is 33.1 Å². The zero-order valence-corrected chi connectivity index (χ0v) is 13.0. The van der Waals surface area contributed by atoms with Gasteiger partial charge in [-0.25, -0.2) is 4.68 Å². The summed E-state index contributed by atoms with van der Waals surface area (Å²) in [6.45, 7) is 5.47. The van der Waals surface area contributed by atoms with Crippen molar-refractivity contribution in [1.82, 2.24) is 9.78 Å². The van der Waals surface area contributed by atoms with Crippen molar-refractivity contribution in [1.29, 1.82) is 0 Å². The number of hydrogen-bond donors (Lipinski definition) is 1. The summed E-state index contributed by atoms with van der Waals surface area (Å²) in [6, 6.07) is 0. The monoisotopic (exact) mass is 325 g/mol. The number of anilines is 1. The predicted molar refractivity (Wildman–Crippen MR) is 82.2 cm³/mol. The van der Waals surface area contributed by atoms with E-state index in [9.17, 15) is 4.79 Å². The van der Waals surface area contributed by atoms with Gasteiger partial charge in [-0.3, -0.25) is 4.79 Å².